The van der Waals surface area contributed by atoms with Crippen molar-refractivity contribution in [3.8, 4) is 0 Å². The van der Waals surface area contributed by atoms with E-state index >= 15 is 0 Å². The molecule has 4 rings (SSSR count). The Balaban J connectivity index is 1.67. The molecule has 0 spiro atoms. The van der Waals surface area contributed by atoms with Crippen molar-refractivity contribution in [1.29, 1.82) is 0 Å². The lowest BCUT2D eigenvalue weighted by Gasteiger charge is -2.30. The van der Waals surface area contributed by atoms with E-state index in [1.165, 1.54) is 51.3 Å². The third kappa shape index (κ3) is 5.20. The van der Waals surface area contributed by atoms with Gasteiger partial charge in [0, 0.05) is 12.6 Å². The van der Waals surface area contributed by atoms with E-state index in [1.54, 1.807) is 0 Å². The van der Waals surface area contributed by atoms with Gasteiger partial charge in [0.25, 0.3) is 0 Å². The van der Waals surface area contributed by atoms with Crippen molar-refractivity contribution in [3.05, 3.63) is 76.1 Å². The standard InChI is InChI=1S/C26H30N4OS2/c1-16-10-11-21(17(2)12-16)15-30(22-13-19-8-6-7-9-20(19)14-22)26(31)29-23-24(32-4)27-18(3)28-25(23)33-5/h6-12,22H,13-15H2,1-5H3,(H,29,31). The summed E-state index contributed by atoms with van der Waals surface area (Å²) in [7, 11) is 0. The Morgan fingerprint density at radius 3 is 2.15 bits per heavy atom. The Labute approximate surface area is 204 Å². The van der Waals surface area contributed by atoms with Gasteiger partial charge in [0.1, 0.15) is 21.6 Å². The number of nitrogens with zero attached hydrogens (tertiary/aromatic N) is 3. The average molecular weight is 479 g/mol. The summed E-state index contributed by atoms with van der Waals surface area (Å²) in [4.78, 5) is 24.9. The zero-order chi connectivity index (χ0) is 23.5. The van der Waals surface area contributed by atoms with Crippen molar-refractivity contribution >= 4 is 35.2 Å². The molecule has 1 aliphatic carbocycles. The number of fused-ring (bicyclic) bond motifs is 1. The normalized spacial score (nSPS) is 13.1. The zero-order valence-electron chi connectivity index (χ0n) is 19.8. The summed E-state index contributed by atoms with van der Waals surface area (Å²) in [6.45, 7) is 6.66. The van der Waals surface area contributed by atoms with Crippen LogP contribution in [0, 0.1) is 20.8 Å². The molecule has 2 aromatic carbocycles. The number of carbonyl (C=O) groups excluding carboxylic acids is 1. The predicted molar refractivity (Wildman–Crippen MR) is 138 cm³/mol. The summed E-state index contributed by atoms with van der Waals surface area (Å²) in [5.74, 6) is 0.708. The number of amides is 2. The molecule has 7 heteroatoms. The van der Waals surface area contributed by atoms with Crippen LogP contribution in [0.25, 0.3) is 0 Å². The summed E-state index contributed by atoms with van der Waals surface area (Å²) in [5, 5.41) is 4.77. The predicted octanol–water partition coefficient (Wildman–Crippen LogP) is 6.05. The van der Waals surface area contributed by atoms with Crippen molar-refractivity contribution in [1.82, 2.24) is 14.9 Å². The van der Waals surface area contributed by atoms with E-state index in [2.05, 4.69) is 71.6 Å². The Morgan fingerprint density at radius 1 is 1.00 bits per heavy atom. The smallest absolute Gasteiger partial charge is 0.317 e. The van der Waals surface area contributed by atoms with Crippen LogP contribution in [0.15, 0.2) is 52.5 Å². The van der Waals surface area contributed by atoms with Gasteiger partial charge in [-0.05, 0) is 68.4 Å². The molecule has 2 amide bonds. The maximum atomic E-state index is 13.8. The van der Waals surface area contributed by atoms with E-state index in [-0.39, 0.29) is 12.1 Å². The van der Waals surface area contributed by atoms with Crippen LogP contribution in [0.5, 0.6) is 0 Å². The molecule has 0 fully saturated rings. The molecule has 1 N–H and O–H groups in total. The van der Waals surface area contributed by atoms with Gasteiger partial charge in [0.15, 0.2) is 0 Å². The highest BCUT2D eigenvalue weighted by atomic mass is 32.2. The largest absolute Gasteiger partial charge is 0.322 e. The van der Waals surface area contributed by atoms with Crippen LogP contribution in [0.2, 0.25) is 0 Å². The van der Waals surface area contributed by atoms with E-state index < -0.39 is 0 Å². The lowest BCUT2D eigenvalue weighted by atomic mass is 10.0. The number of hydrogen-bond donors (Lipinski definition) is 1. The van der Waals surface area contributed by atoms with Crippen LogP contribution in [0.1, 0.15) is 33.6 Å². The molecular formula is C26H30N4OS2. The second-order valence-corrected chi connectivity index (χ2v) is 10.1. The molecule has 0 saturated carbocycles. The highest BCUT2D eigenvalue weighted by molar-refractivity contribution is 7.99. The molecule has 0 saturated heterocycles. The Kier molecular flexibility index (Phi) is 7.29. The van der Waals surface area contributed by atoms with Crippen LogP contribution < -0.4 is 5.32 Å². The third-order valence-corrected chi connectivity index (χ3v) is 7.51. The van der Waals surface area contributed by atoms with Crippen LogP contribution in [-0.2, 0) is 19.4 Å². The molecule has 0 radical (unpaired) electrons. The van der Waals surface area contributed by atoms with Crippen LogP contribution in [0.4, 0.5) is 10.5 Å². The van der Waals surface area contributed by atoms with Crippen LogP contribution in [0.3, 0.4) is 0 Å². The quantitative estimate of drug-likeness (QED) is 0.345. The van der Waals surface area contributed by atoms with E-state index in [1.807, 2.05) is 24.3 Å². The number of carbonyl (C=O) groups is 1. The zero-order valence-corrected chi connectivity index (χ0v) is 21.4. The molecule has 0 aliphatic heterocycles. The van der Waals surface area contributed by atoms with E-state index in [0.717, 1.165) is 22.9 Å². The molecule has 0 unspecified atom stereocenters. The number of anilines is 1. The fraction of sp³-hybridized carbons (Fsp3) is 0.346. The van der Waals surface area contributed by atoms with E-state index in [0.29, 0.717) is 18.1 Å². The minimum Gasteiger partial charge on any atom is -0.317 e. The fourth-order valence-corrected chi connectivity index (χ4v) is 5.65. The molecular weight excluding hydrogens is 448 g/mol. The Morgan fingerprint density at radius 2 is 1.61 bits per heavy atom. The first-order valence-electron chi connectivity index (χ1n) is 11.1. The summed E-state index contributed by atoms with van der Waals surface area (Å²) in [6, 6.07) is 14.9. The van der Waals surface area contributed by atoms with Crippen molar-refractivity contribution < 1.29 is 4.79 Å². The van der Waals surface area contributed by atoms with Crippen LogP contribution >= 0.6 is 23.5 Å². The second kappa shape index (κ2) is 10.2. The number of aromatic nitrogens is 2. The lowest BCUT2D eigenvalue weighted by Crippen LogP contribution is -2.43. The van der Waals surface area contributed by atoms with Crippen LogP contribution in [-0.4, -0.2) is 39.5 Å². The number of thioether (sulfide) groups is 2. The van der Waals surface area contributed by atoms with E-state index in [4.69, 9.17) is 0 Å². The molecule has 33 heavy (non-hydrogen) atoms. The van der Waals surface area contributed by atoms with Gasteiger partial charge >= 0.3 is 6.03 Å². The highest BCUT2D eigenvalue weighted by Crippen LogP contribution is 2.33. The average Bonchev–Trinajstić information content (AvgIpc) is 3.23. The molecule has 172 valence electrons. The minimum absolute atomic E-state index is 0.102. The number of nitrogens with one attached hydrogen (secondary N) is 1. The van der Waals surface area contributed by atoms with Gasteiger partial charge < -0.3 is 10.2 Å². The molecule has 1 aliphatic rings. The van der Waals surface area contributed by atoms with Crippen molar-refractivity contribution in [3.63, 3.8) is 0 Å². The first kappa shape index (κ1) is 23.6. The minimum atomic E-state index is -0.106. The second-order valence-electron chi connectivity index (χ2n) is 8.48. The topological polar surface area (TPSA) is 58.1 Å². The number of hydrogen-bond acceptors (Lipinski definition) is 5. The molecule has 0 bridgehead atoms. The van der Waals surface area contributed by atoms with Crippen molar-refractivity contribution in [2.24, 2.45) is 0 Å². The maximum Gasteiger partial charge on any atom is 0.322 e. The lowest BCUT2D eigenvalue weighted by molar-refractivity contribution is 0.185. The van der Waals surface area contributed by atoms with Gasteiger partial charge in [0.2, 0.25) is 0 Å². The van der Waals surface area contributed by atoms with Gasteiger partial charge in [-0.2, -0.15) is 0 Å². The summed E-state index contributed by atoms with van der Waals surface area (Å²) in [5.41, 5.74) is 6.96. The van der Waals surface area contributed by atoms with Gasteiger partial charge in [0.05, 0.1) is 0 Å². The molecule has 5 nitrogen and oxygen atoms in total. The Hall–Kier alpha value is -2.51. The fourth-order valence-electron chi connectivity index (χ4n) is 4.43. The maximum absolute atomic E-state index is 13.8. The van der Waals surface area contributed by atoms with Crippen molar-refractivity contribution in [2.45, 2.75) is 56.3 Å². The number of benzene rings is 2. The first-order valence-corrected chi connectivity index (χ1v) is 13.5. The summed E-state index contributed by atoms with van der Waals surface area (Å²) >= 11 is 3.05. The Bertz CT molecular complexity index is 1130. The van der Waals surface area contributed by atoms with Crippen molar-refractivity contribution in [2.75, 3.05) is 17.8 Å². The third-order valence-electron chi connectivity index (χ3n) is 6.14. The number of urea groups is 1. The monoisotopic (exact) mass is 478 g/mol. The van der Waals surface area contributed by atoms with E-state index in [9.17, 15) is 4.79 Å². The van der Waals surface area contributed by atoms with Gasteiger partial charge in [-0.15, -0.1) is 23.5 Å². The molecule has 0 atom stereocenters. The number of rotatable bonds is 6. The summed E-state index contributed by atoms with van der Waals surface area (Å²) < 4.78 is 0. The van der Waals surface area contributed by atoms with Gasteiger partial charge in [-0.25, -0.2) is 14.8 Å². The first-order chi connectivity index (χ1) is 15.9. The summed E-state index contributed by atoms with van der Waals surface area (Å²) in [6.07, 6.45) is 5.68. The number of aryl methyl sites for hydroxylation is 3. The highest BCUT2D eigenvalue weighted by Gasteiger charge is 2.31. The molecule has 1 heterocycles. The van der Waals surface area contributed by atoms with Gasteiger partial charge in [-0.1, -0.05) is 48.0 Å². The molecule has 3 aromatic rings. The van der Waals surface area contributed by atoms with Gasteiger partial charge in [-0.3, -0.25) is 0 Å². The SMILES string of the molecule is CSc1nc(C)nc(SC)c1NC(=O)N(Cc1ccc(C)cc1C)C1Cc2ccccc2C1. The molecule has 1 aromatic heterocycles.